The molecule has 1 heterocycles. The fraction of sp³-hybridized carbons (Fsp3) is 0.500. The fourth-order valence-corrected chi connectivity index (χ4v) is 2.58. The highest BCUT2D eigenvalue weighted by Crippen LogP contribution is 2.27. The predicted molar refractivity (Wildman–Crippen MR) is 88.9 cm³/mol. The second kappa shape index (κ2) is 7.23. The third-order valence-corrected chi connectivity index (χ3v) is 3.73. The van der Waals surface area contributed by atoms with Crippen LogP contribution in [0.4, 0.5) is 0 Å². The quantitative estimate of drug-likeness (QED) is 0.500. The number of ether oxygens (including phenoxy) is 3. The van der Waals surface area contributed by atoms with Crippen molar-refractivity contribution in [2.75, 3.05) is 13.7 Å². The topological polar surface area (TPSA) is 90.9 Å². The average Bonchev–Trinajstić information content (AvgIpc) is 2.98. The Morgan fingerprint density at radius 2 is 1.76 bits per heavy atom. The van der Waals surface area contributed by atoms with Gasteiger partial charge in [-0.15, -0.1) is 0 Å². The van der Waals surface area contributed by atoms with Crippen molar-refractivity contribution in [2.24, 2.45) is 0 Å². The minimum absolute atomic E-state index is 0.0485. The SMILES string of the molecule is COC(=O)[C@]1(C(=O)OC(C)(C)C)C[C@H](OC(=O)c2ccccc2)CN1. The Kier molecular flexibility index (Phi) is 5.47. The van der Waals surface area contributed by atoms with E-state index in [1.54, 1.807) is 51.1 Å². The molecule has 25 heavy (non-hydrogen) atoms. The molecule has 0 unspecified atom stereocenters. The van der Waals surface area contributed by atoms with E-state index in [9.17, 15) is 14.4 Å². The number of hydrogen-bond acceptors (Lipinski definition) is 7. The van der Waals surface area contributed by atoms with E-state index in [2.05, 4.69) is 5.32 Å². The van der Waals surface area contributed by atoms with E-state index < -0.39 is 35.2 Å². The van der Waals surface area contributed by atoms with Crippen LogP contribution in [-0.4, -0.2) is 48.8 Å². The highest BCUT2D eigenvalue weighted by molar-refractivity contribution is 6.05. The molecule has 1 saturated heterocycles. The summed E-state index contributed by atoms with van der Waals surface area (Å²) in [6.45, 7) is 5.26. The van der Waals surface area contributed by atoms with Crippen molar-refractivity contribution in [3.8, 4) is 0 Å². The summed E-state index contributed by atoms with van der Waals surface area (Å²) < 4.78 is 15.5. The van der Waals surface area contributed by atoms with Crippen molar-refractivity contribution in [1.29, 1.82) is 0 Å². The molecular weight excluding hydrogens is 326 g/mol. The Balaban J connectivity index is 2.13. The van der Waals surface area contributed by atoms with Crippen LogP contribution in [0, 0.1) is 0 Å². The van der Waals surface area contributed by atoms with Crippen molar-refractivity contribution >= 4 is 17.9 Å². The van der Waals surface area contributed by atoms with Gasteiger partial charge in [-0.3, -0.25) is 5.32 Å². The van der Waals surface area contributed by atoms with Gasteiger partial charge in [-0.05, 0) is 32.9 Å². The lowest BCUT2D eigenvalue weighted by molar-refractivity contribution is -0.172. The number of carbonyl (C=O) groups is 3. The number of esters is 3. The summed E-state index contributed by atoms with van der Waals surface area (Å²) in [5.41, 5.74) is -2.04. The van der Waals surface area contributed by atoms with Gasteiger partial charge in [0, 0.05) is 13.0 Å². The van der Waals surface area contributed by atoms with Crippen LogP contribution in [0.2, 0.25) is 0 Å². The first-order valence-electron chi connectivity index (χ1n) is 8.01. The normalized spacial score (nSPS) is 23.0. The molecule has 0 saturated carbocycles. The van der Waals surface area contributed by atoms with Gasteiger partial charge in [-0.2, -0.15) is 0 Å². The monoisotopic (exact) mass is 349 g/mol. The van der Waals surface area contributed by atoms with Crippen LogP contribution in [0.15, 0.2) is 30.3 Å². The number of nitrogens with one attached hydrogen (secondary N) is 1. The molecule has 0 bridgehead atoms. The molecule has 7 heteroatoms. The first-order chi connectivity index (χ1) is 11.7. The Morgan fingerprint density at radius 3 is 2.32 bits per heavy atom. The summed E-state index contributed by atoms with van der Waals surface area (Å²) in [5, 5.41) is 2.82. The van der Waals surface area contributed by atoms with Gasteiger partial charge in [0.25, 0.3) is 0 Å². The number of benzene rings is 1. The molecule has 7 nitrogen and oxygen atoms in total. The third kappa shape index (κ3) is 4.36. The molecule has 2 rings (SSSR count). The van der Waals surface area contributed by atoms with Gasteiger partial charge < -0.3 is 14.2 Å². The van der Waals surface area contributed by atoms with Crippen molar-refractivity contribution in [1.82, 2.24) is 5.32 Å². The summed E-state index contributed by atoms with van der Waals surface area (Å²) in [4.78, 5) is 37.0. The maximum Gasteiger partial charge on any atom is 0.338 e. The molecule has 1 aromatic carbocycles. The van der Waals surface area contributed by atoms with Gasteiger partial charge in [0.1, 0.15) is 11.7 Å². The second-order valence-corrected chi connectivity index (χ2v) is 6.88. The average molecular weight is 349 g/mol. The zero-order chi connectivity index (χ0) is 18.7. The predicted octanol–water partition coefficient (Wildman–Crippen LogP) is 1.46. The van der Waals surface area contributed by atoms with Gasteiger partial charge in [-0.1, -0.05) is 18.2 Å². The van der Waals surface area contributed by atoms with Crippen LogP contribution in [0.3, 0.4) is 0 Å². The zero-order valence-electron chi connectivity index (χ0n) is 14.8. The Labute approximate surface area is 146 Å². The van der Waals surface area contributed by atoms with E-state index in [-0.39, 0.29) is 13.0 Å². The van der Waals surface area contributed by atoms with Gasteiger partial charge in [0.15, 0.2) is 0 Å². The molecule has 0 radical (unpaired) electrons. The van der Waals surface area contributed by atoms with Crippen LogP contribution in [0.25, 0.3) is 0 Å². The highest BCUT2D eigenvalue weighted by atomic mass is 16.6. The largest absolute Gasteiger partial charge is 0.467 e. The molecule has 0 spiro atoms. The summed E-state index contributed by atoms with van der Waals surface area (Å²) >= 11 is 0. The van der Waals surface area contributed by atoms with Crippen LogP contribution < -0.4 is 5.32 Å². The molecule has 0 aromatic heterocycles. The maximum absolute atomic E-state index is 12.6. The first kappa shape index (κ1) is 18.9. The van der Waals surface area contributed by atoms with Crippen molar-refractivity contribution in [3.05, 3.63) is 35.9 Å². The summed E-state index contributed by atoms with van der Waals surface area (Å²) in [7, 11) is 1.19. The van der Waals surface area contributed by atoms with Crippen LogP contribution in [-0.2, 0) is 23.8 Å². The molecule has 1 fully saturated rings. The molecule has 136 valence electrons. The lowest BCUT2D eigenvalue weighted by Crippen LogP contribution is -2.57. The standard InChI is InChI=1S/C18H23NO6/c1-17(2,3)25-16(22)18(15(21)23-4)10-13(11-19-18)24-14(20)12-8-6-5-7-9-12/h5-9,13,19H,10-11H2,1-4H3/t13-,18-/m0/s1. The maximum atomic E-state index is 12.6. The molecule has 2 atom stereocenters. The smallest absolute Gasteiger partial charge is 0.338 e. The lowest BCUT2D eigenvalue weighted by atomic mass is 9.96. The van der Waals surface area contributed by atoms with Crippen molar-refractivity contribution in [2.45, 2.75) is 44.4 Å². The minimum atomic E-state index is -1.68. The van der Waals surface area contributed by atoms with Crippen molar-refractivity contribution < 1.29 is 28.6 Å². The second-order valence-electron chi connectivity index (χ2n) is 6.88. The molecule has 1 aliphatic rings. The Bertz CT molecular complexity index is 651. The molecule has 1 N–H and O–H groups in total. The molecule has 0 aliphatic carbocycles. The minimum Gasteiger partial charge on any atom is -0.467 e. The summed E-state index contributed by atoms with van der Waals surface area (Å²) in [5.74, 6) is -2.03. The van der Waals surface area contributed by atoms with Crippen molar-refractivity contribution in [3.63, 3.8) is 0 Å². The van der Waals surface area contributed by atoms with E-state index in [1.165, 1.54) is 7.11 Å². The first-order valence-corrected chi connectivity index (χ1v) is 8.01. The molecule has 1 aliphatic heterocycles. The van der Waals surface area contributed by atoms with Crippen LogP contribution in [0.1, 0.15) is 37.6 Å². The summed E-state index contributed by atoms with van der Waals surface area (Å²) in [6, 6.07) is 8.50. The molecular formula is C18H23NO6. The van der Waals surface area contributed by atoms with E-state index in [0.29, 0.717) is 5.56 Å². The number of carbonyl (C=O) groups excluding carboxylic acids is 3. The number of methoxy groups -OCH3 is 1. The summed E-state index contributed by atoms with van der Waals surface area (Å²) in [6.07, 6.45) is -0.702. The van der Waals surface area contributed by atoms with E-state index in [1.807, 2.05) is 0 Å². The Morgan fingerprint density at radius 1 is 1.12 bits per heavy atom. The zero-order valence-corrected chi connectivity index (χ0v) is 14.8. The van der Waals surface area contributed by atoms with Gasteiger partial charge >= 0.3 is 17.9 Å². The highest BCUT2D eigenvalue weighted by Gasteiger charge is 2.55. The molecule has 0 amide bonds. The van der Waals surface area contributed by atoms with E-state index in [0.717, 1.165) is 0 Å². The molecule has 1 aromatic rings. The number of rotatable bonds is 4. The van der Waals surface area contributed by atoms with E-state index in [4.69, 9.17) is 14.2 Å². The third-order valence-electron chi connectivity index (χ3n) is 3.73. The lowest BCUT2D eigenvalue weighted by Gasteiger charge is -2.29. The fourth-order valence-electron chi connectivity index (χ4n) is 2.58. The Hall–Kier alpha value is -2.41. The number of hydrogen-bond donors (Lipinski definition) is 1. The van der Waals surface area contributed by atoms with Gasteiger partial charge in [-0.25, -0.2) is 14.4 Å². The van der Waals surface area contributed by atoms with Gasteiger partial charge in [0.2, 0.25) is 5.54 Å². The van der Waals surface area contributed by atoms with Crippen LogP contribution >= 0.6 is 0 Å². The van der Waals surface area contributed by atoms with Gasteiger partial charge in [0.05, 0.1) is 12.7 Å². The van der Waals surface area contributed by atoms with Crippen LogP contribution in [0.5, 0.6) is 0 Å². The van der Waals surface area contributed by atoms with E-state index >= 15 is 0 Å².